The van der Waals surface area contributed by atoms with Crippen molar-refractivity contribution in [3.63, 3.8) is 0 Å². The highest BCUT2D eigenvalue weighted by Crippen LogP contribution is 2.35. The molecule has 2 heterocycles. The molecule has 1 aromatic rings. The number of ether oxygens (including phenoxy) is 6. The predicted octanol–water partition coefficient (Wildman–Crippen LogP) is 1.50. The number of fused-ring (bicyclic) bond motifs is 1. The number of hydrogen-bond acceptors (Lipinski definition) is 6. The van der Waals surface area contributed by atoms with Gasteiger partial charge in [-0.3, -0.25) is 0 Å². The van der Waals surface area contributed by atoms with Crippen LogP contribution < -0.4 is 0 Å². The molecule has 0 aromatic heterocycles. The lowest BCUT2D eigenvalue weighted by Gasteiger charge is -2.48. The van der Waals surface area contributed by atoms with E-state index >= 15 is 0 Å². The molecule has 2 aliphatic rings. The van der Waals surface area contributed by atoms with Gasteiger partial charge in [0.15, 0.2) is 12.6 Å². The lowest BCUT2D eigenvalue weighted by molar-refractivity contribution is -0.363. The molecule has 6 heteroatoms. The normalized spacial score (nSPS) is 38.5. The second-order valence-corrected chi connectivity index (χ2v) is 5.36. The zero-order valence-corrected chi connectivity index (χ0v) is 13.0. The van der Waals surface area contributed by atoms with E-state index in [4.69, 9.17) is 28.4 Å². The molecule has 0 saturated carbocycles. The van der Waals surface area contributed by atoms with E-state index in [1.807, 2.05) is 30.3 Å². The minimum atomic E-state index is -0.503. The van der Waals surface area contributed by atoms with E-state index in [2.05, 4.69) is 0 Å². The van der Waals surface area contributed by atoms with Crippen molar-refractivity contribution in [3.8, 4) is 0 Å². The quantitative estimate of drug-likeness (QED) is 0.840. The van der Waals surface area contributed by atoms with Crippen molar-refractivity contribution in [2.45, 2.75) is 37.0 Å². The van der Waals surface area contributed by atoms with Crippen molar-refractivity contribution in [1.29, 1.82) is 0 Å². The van der Waals surface area contributed by atoms with Gasteiger partial charge in [-0.2, -0.15) is 0 Å². The molecule has 22 heavy (non-hydrogen) atoms. The van der Waals surface area contributed by atoms with E-state index in [-0.39, 0.29) is 24.4 Å². The monoisotopic (exact) mass is 310 g/mol. The van der Waals surface area contributed by atoms with Crippen molar-refractivity contribution in [3.05, 3.63) is 35.9 Å². The van der Waals surface area contributed by atoms with E-state index < -0.39 is 12.6 Å². The topological polar surface area (TPSA) is 55.4 Å². The molecule has 0 N–H and O–H groups in total. The van der Waals surface area contributed by atoms with Gasteiger partial charge in [0.1, 0.15) is 24.4 Å². The summed E-state index contributed by atoms with van der Waals surface area (Å²) in [6, 6.07) is 9.82. The van der Waals surface area contributed by atoms with Crippen molar-refractivity contribution in [2.24, 2.45) is 0 Å². The summed E-state index contributed by atoms with van der Waals surface area (Å²) in [6.45, 7) is 0.417. The zero-order valence-electron chi connectivity index (χ0n) is 13.0. The molecule has 4 unspecified atom stereocenters. The minimum absolute atomic E-state index is 0.249. The lowest BCUT2D eigenvalue weighted by atomic mass is 9.97. The van der Waals surface area contributed by atoms with Crippen molar-refractivity contribution in [2.75, 3.05) is 27.9 Å². The highest BCUT2D eigenvalue weighted by atomic mass is 16.8. The molecule has 0 aliphatic carbocycles. The van der Waals surface area contributed by atoms with Crippen LogP contribution in [0.3, 0.4) is 0 Å². The molecular formula is C16H22O6. The standard InChI is InChI=1S/C16H22O6/c1-17-13-12-11(21-16(19-3)14(13)18-2)9-20-15(22-12)10-7-5-4-6-8-10/h4-8,11-16H,9H2,1-3H3/t11?,12-,13?,14?,15?,16-/m1/s1. The first-order valence-corrected chi connectivity index (χ1v) is 7.34. The number of rotatable bonds is 4. The van der Waals surface area contributed by atoms with Gasteiger partial charge >= 0.3 is 0 Å². The fraction of sp³-hybridized carbons (Fsp3) is 0.625. The molecule has 1 aromatic carbocycles. The summed E-state index contributed by atoms with van der Waals surface area (Å²) >= 11 is 0. The third kappa shape index (κ3) is 2.90. The Kier molecular flexibility index (Phi) is 5.07. The molecule has 0 radical (unpaired) electrons. The predicted molar refractivity (Wildman–Crippen MR) is 77.3 cm³/mol. The first-order chi connectivity index (χ1) is 10.8. The Morgan fingerprint density at radius 3 is 2.27 bits per heavy atom. The van der Waals surface area contributed by atoms with Crippen LogP contribution in [0.2, 0.25) is 0 Å². The van der Waals surface area contributed by atoms with Crippen LogP contribution in [0.1, 0.15) is 11.9 Å². The second kappa shape index (κ2) is 7.04. The third-order valence-corrected chi connectivity index (χ3v) is 4.13. The van der Waals surface area contributed by atoms with Gasteiger partial charge in [-0.05, 0) is 0 Å². The zero-order chi connectivity index (χ0) is 15.5. The Labute approximate surface area is 130 Å². The molecule has 122 valence electrons. The highest BCUT2D eigenvalue weighted by Gasteiger charge is 2.50. The van der Waals surface area contributed by atoms with E-state index in [9.17, 15) is 0 Å². The average Bonchev–Trinajstić information content (AvgIpc) is 2.60. The molecule has 0 bridgehead atoms. The summed E-state index contributed by atoms with van der Waals surface area (Å²) in [7, 11) is 4.84. The van der Waals surface area contributed by atoms with Crippen LogP contribution in [0, 0.1) is 0 Å². The molecule has 6 atom stereocenters. The van der Waals surface area contributed by atoms with Crippen LogP contribution in [-0.4, -0.2) is 58.6 Å². The summed E-state index contributed by atoms with van der Waals surface area (Å²) in [5.74, 6) is 0. The Bertz CT molecular complexity index is 467. The van der Waals surface area contributed by atoms with E-state index in [0.717, 1.165) is 5.56 Å². The van der Waals surface area contributed by atoms with Crippen molar-refractivity contribution < 1.29 is 28.4 Å². The van der Waals surface area contributed by atoms with Gasteiger partial charge in [-0.25, -0.2) is 0 Å². The number of benzene rings is 1. The smallest absolute Gasteiger partial charge is 0.186 e. The Morgan fingerprint density at radius 2 is 1.64 bits per heavy atom. The summed E-state index contributed by atoms with van der Waals surface area (Å²) < 4.78 is 34.2. The Hall–Kier alpha value is -1.02. The maximum atomic E-state index is 6.10. The van der Waals surface area contributed by atoms with Crippen LogP contribution in [0.4, 0.5) is 0 Å². The molecule has 0 amide bonds. The maximum absolute atomic E-state index is 6.10. The van der Waals surface area contributed by atoms with Gasteiger partial charge in [0.2, 0.25) is 0 Å². The van der Waals surface area contributed by atoms with Gasteiger partial charge in [0.25, 0.3) is 0 Å². The number of hydrogen-bond donors (Lipinski definition) is 0. The van der Waals surface area contributed by atoms with Crippen LogP contribution in [-0.2, 0) is 28.4 Å². The average molecular weight is 310 g/mol. The summed E-state index contributed by atoms with van der Waals surface area (Å²) in [4.78, 5) is 0. The van der Waals surface area contributed by atoms with Crippen LogP contribution in [0.15, 0.2) is 30.3 Å². The molecule has 3 rings (SSSR count). The van der Waals surface area contributed by atoms with Gasteiger partial charge in [-0.15, -0.1) is 0 Å². The summed E-state index contributed by atoms with van der Waals surface area (Å²) in [6.07, 6.45) is -2.10. The molecule has 2 aliphatic heterocycles. The van der Waals surface area contributed by atoms with Crippen molar-refractivity contribution in [1.82, 2.24) is 0 Å². The van der Waals surface area contributed by atoms with Crippen LogP contribution in [0.5, 0.6) is 0 Å². The van der Waals surface area contributed by atoms with E-state index in [0.29, 0.717) is 6.61 Å². The fourth-order valence-corrected chi connectivity index (χ4v) is 3.03. The Morgan fingerprint density at radius 1 is 0.909 bits per heavy atom. The van der Waals surface area contributed by atoms with Gasteiger partial charge in [0, 0.05) is 26.9 Å². The van der Waals surface area contributed by atoms with Gasteiger partial charge in [0.05, 0.1) is 6.61 Å². The SMILES string of the molecule is COC1C(OC)[C@@H]2OC(c3ccccc3)OCC2O[C@H]1OC. The van der Waals surface area contributed by atoms with Crippen LogP contribution >= 0.6 is 0 Å². The molecule has 6 nitrogen and oxygen atoms in total. The molecule has 0 spiro atoms. The van der Waals surface area contributed by atoms with E-state index in [1.54, 1.807) is 21.3 Å². The van der Waals surface area contributed by atoms with Crippen LogP contribution in [0.25, 0.3) is 0 Å². The molecular weight excluding hydrogens is 288 g/mol. The minimum Gasteiger partial charge on any atom is -0.376 e. The summed E-state index contributed by atoms with van der Waals surface area (Å²) in [5.41, 5.74) is 0.971. The second-order valence-electron chi connectivity index (χ2n) is 5.36. The largest absolute Gasteiger partial charge is 0.376 e. The number of methoxy groups -OCH3 is 3. The Balaban J connectivity index is 1.79. The third-order valence-electron chi connectivity index (χ3n) is 4.13. The van der Waals surface area contributed by atoms with Crippen molar-refractivity contribution >= 4 is 0 Å². The first kappa shape index (κ1) is 15.9. The molecule has 2 fully saturated rings. The van der Waals surface area contributed by atoms with E-state index in [1.165, 1.54) is 0 Å². The summed E-state index contributed by atoms with van der Waals surface area (Å²) in [5, 5.41) is 0. The van der Waals surface area contributed by atoms with Gasteiger partial charge in [-0.1, -0.05) is 30.3 Å². The highest BCUT2D eigenvalue weighted by molar-refractivity contribution is 5.16. The first-order valence-electron chi connectivity index (χ1n) is 7.34. The lowest BCUT2D eigenvalue weighted by Crippen LogP contribution is -2.63. The van der Waals surface area contributed by atoms with Gasteiger partial charge < -0.3 is 28.4 Å². The maximum Gasteiger partial charge on any atom is 0.186 e. The fourth-order valence-electron chi connectivity index (χ4n) is 3.03. The molecule has 2 saturated heterocycles.